The number of benzene rings is 1. The van der Waals surface area contributed by atoms with E-state index in [0.29, 0.717) is 11.9 Å². The largest absolute Gasteiger partial charge is 0.441 e. The Kier molecular flexibility index (Phi) is 5.03. The van der Waals surface area contributed by atoms with Crippen LogP contribution < -0.4 is 0 Å². The zero-order valence-corrected chi connectivity index (χ0v) is 16.3. The lowest BCUT2D eigenvalue weighted by Crippen LogP contribution is -2.29. The van der Waals surface area contributed by atoms with Gasteiger partial charge in [0.2, 0.25) is 5.89 Å². The second kappa shape index (κ2) is 7.61. The van der Waals surface area contributed by atoms with Crippen LogP contribution in [0.25, 0.3) is 22.7 Å². The standard InChI is InChI=1S/C22H26N4O/c1-15-6-11-21(25-24-15)18-7-9-19(10-8-18)22-23-20(17(3)27-22)12-14-26-13-4-5-16(26)2/h6-11,16H,4-5,12-14H2,1-3H3. The van der Waals surface area contributed by atoms with E-state index in [-0.39, 0.29) is 0 Å². The van der Waals surface area contributed by atoms with Crippen molar-refractivity contribution < 1.29 is 4.42 Å². The third kappa shape index (κ3) is 3.93. The molecule has 1 aliphatic heterocycles. The van der Waals surface area contributed by atoms with E-state index in [1.807, 2.05) is 50.2 Å². The van der Waals surface area contributed by atoms with Gasteiger partial charge < -0.3 is 9.32 Å². The summed E-state index contributed by atoms with van der Waals surface area (Å²) in [4.78, 5) is 7.31. The van der Waals surface area contributed by atoms with Crippen LogP contribution in [0, 0.1) is 13.8 Å². The first-order chi connectivity index (χ1) is 13.1. The van der Waals surface area contributed by atoms with Gasteiger partial charge in [-0.2, -0.15) is 10.2 Å². The van der Waals surface area contributed by atoms with Gasteiger partial charge in [0.05, 0.1) is 17.1 Å². The summed E-state index contributed by atoms with van der Waals surface area (Å²) in [6, 6.07) is 12.8. The summed E-state index contributed by atoms with van der Waals surface area (Å²) in [6.07, 6.45) is 3.55. The molecule has 2 aromatic heterocycles. The molecule has 3 heterocycles. The number of hydrogen-bond donors (Lipinski definition) is 0. The Balaban J connectivity index is 1.47. The molecular weight excluding hydrogens is 336 g/mol. The maximum absolute atomic E-state index is 5.95. The third-order valence-electron chi connectivity index (χ3n) is 5.44. The SMILES string of the molecule is Cc1ccc(-c2ccc(-c3nc(CCN4CCCC4C)c(C)o3)cc2)nn1. The minimum atomic E-state index is 0.689. The lowest BCUT2D eigenvalue weighted by Gasteiger charge is -2.20. The highest BCUT2D eigenvalue weighted by Crippen LogP contribution is 2.26. The molecule has 0 saturated carbocycles. The fourth-order valence-corrected chi connectivity index (χ4v) is 3.69. The molecule has 1 unspecified atom stereocenters. The lowest BCUT2D eigenvalue weighted by atomic mass is 10.1. The Labute approximate surface area is 160 Å². The van der Waals surface area contributed by atoms with Gasteiger partial charge in [-0.25, -0.2) is 4.98 Å². The molecule has 3 aromatic rings. The highest BCUT2D eigenvalue weighted by atomic mass is 16.4. The minimum absolute atomic E-state index is 0.689. The van der Waals surface area contributed by atoms with Gasteiger partial charge in [0.15, 0.2) is 0 Å². The minimum Gasteiger partial charge on any atom is -0.441 e. The van der Waals surface area contributed by atoms with E-state index in [1.165, 1.54) is 19.4 Å². The number of nitrogens with zero attached hydrogens (tertiary/aromatic N) is 4. The fraction of sp³-hybridized carbons (Fsp3) is 0.409. The predicted molar refractivity (Wildman–Crippen MR) is 106 cm³/mol. The number of aryl methyl sites for hydroxylation is 2. The maximum Gasteiger partial charge on any atom is 0.226 e. The highest BCUT2D eigenvalue weighted by molar-refractivity contribution is 5.64. The smallest absolute Gasteiger partial charge is 0.226 e. The zero-order valence-electron chi connectivity index (χ0n) is 16.3. The third-order valence-corrected chi connectivity index (χ3v) is 5.44. The van der Waals surface area contributed by atoms with Gasteiger partial charge in [-0.1, -0.05) is 12.1 Å². The summed E-state index contributed by atoms with van der Waals surface area (Å²) in [5.41, 5.74) is 4.88. The van der Waals surface area contributed by atoms with E-state index in [0.717, 1.165) is 46.9 Å². The number of oxazole rings is 1. The first-order valence-corrected chi connectivity index (χ1v) is 9.71. The van der Waals surface area contributed by atoms with Crippen molar-refractivity contribution >= 4 is 0 Å². The van der Waals surface area contributed by atoms with Gasteiger partial charge in [0, 0.05) is 30.1 Å². The molecular formula is C22H26N4O. The van der Waals surface area contributed by atoms with Crippen LogP contribution in [-0.4, -0.2) is 39.2 Å². The molecule has 0 radical (unpaired) electrons. The van der Waals surface area contributed by atoms with Crippen molar-refractivity contribution in [3.05, 3.63) is 53.5 Å². The molecule has 1 fully saturated rings. The average molecular weight is 362 g/mol. The molecule has 0 spiro atoms. The van der Waals surface area contributed by atoms with Crippen molar-refractivity contribution in [1.29, 1.82) is 0 Å². The van der Waals surface area contributed by atoms with Gasteiger partial charge in [-0.05, 0) is 64.4 Å². The molecule has 27 heavy (non-hydrogen) atoms. The first-order valence-electron chi connectivity index (χ1n) is 9.71. The lowest BCUT2D eigenvalue weighted by molar-refractivity contribution is 0.271. The monoisotopic (exact) mass is 362 g/mol. The summed E-state index contributed by atoms with van der Waals surface area (Å²) in [6.45, 7) is 8.52. The van der Waals surface area contributed by atoms with E-state index < -0.39 is 0 Å². The van der Waals surface area contributed by atoms with Gasteiger partial charge in [0.1, 0.15) is 5.76 Å². The van der Waals surface area contributed by atoms with Crippen LogP contribution in [0.2, 0.25) is 0 Å². The van der Waals surface area contributed by atoms with Gasteiger partial charge in [-0.3, -0.25) is 0 Å². The summed E-state index contributed by atoms with van der Waals surface area (Å²) in [5, 5.41) is 8.37. The Hall–Kier alpha value is -2.53. The molecule has 1 aromatic carbocycles. The number of likely N-dealkylation sites (tertiary alicyclic amines) is 1. The van der Waals surface area contributed by atoms with Gasteiger partial charge >= 0.3 is 0 Å². The molecule has 4 rings (SSSR count). The van der Waals surface area contributed by atoms with Crippen molar-refractivity contribution in [2.75, 3.05) is 13.1 Å². The highest BCUT2D eigenvalue weighted by Gasteiger charge is 2.21. The van der Waals surface area contributed by atoms with E-state index in [9.17, 15) is 0 Å². The molecule has 5 heteroatoms. The van der Waals surface area contributed by atoms with Crippen molar-refractivity contribution in [2.24, 2.45) is 0 Å². The van der Waals surface area contributed by atoms with Crippen LogP contribution in [0.3, 0.4) is 0 Å². The van der Waals surface area contributed by atoms with Crippen LogP contribution in [0.15, 0.2) is 40.8 Å². The molecule has 0 bridgehead atoms. The van der Waals surface area contributed by atoms with Crippen LogP contribution >= 0.6 is 0 Å². The van der Waals surface area contributed by atoms with E-state index >= 15 is 0 Å². The average Bonchev–Trinajstić information content (AvgIpc) is 3.26. The summed E-state index contributed by atoms with van der Waals surface area (Å²) < 4.78 is 5.95. The Morgan fingerprint density at radius 2 is 1.81 bits per heavy atom. The van der Waals surface area contributed by atoms with E-state index in [1.54, 1.807) is 0 Å². The normalized spacial score (nSPS) is 17.5. The number of rotatable bonds is 5. The second-order valence-electron chi connectivity index (χ2n) is 7.44. The van der Waals surface area contributed by atoms with Crippen molar-refractivity contribution in [3.8, 4) is 22.7 Å². The second-order valence-corrected chi connectivity index (χ2v) is 7.44. The molecule has 1 saturated heterocycles. The molecule has 5 nitrogen and oxygen atoms in total. The Morgan fingerprint density at radius 1 is 1.04 bits per heavy atom. The quantitative estimate of drug-likeness (QED) is 0.671. The van der Waals surface area contributed by atoms with Crippen molar-refractivity contribution in [1.82, 2.24) is 20.1 Å². The Morgan fingerprint density at radius 3 is 2.48 bits per heavy atom. The zero-order chi connectivity index (χ0) is 18.8. The topological polar surface area (TPSA) is 55.1 Å². The predicted octanol–water partition coefficient (Wildman–Crippen LogP) is 4.44. The Bertz CT molecular complexity index is 899. The summed E-state index contributed by atoms with van der Waals surface area (Å²) in [7, 11) is 0. The number of hydrogen-bond acceptors (Lipinski definition) is 5. The van der Waals surface area contributed by atoms with Crippen LogP contribution in [0.1, 0.15) is 36.9 Å². The molecule has 0 amide bonds. The number of aromatic nitrogens is 3. The molecule has 140 valence electrons. The molecule has 1 atom stereocenters. The fourth-order valence-electron chi connectivity index (χ4n) is 3.69. The molecule has 1 aliphatic rings. The van der Waals surface area contributed by atoms with Crippen molar-refractivity contribution in [2.45, 2.75) is 46.1 Å². The summed E-state index contributed by atoms with van der Waals surface area (Å²) in [5.74, 6) is 1.61. The first kappa shape index (κ1) is 17.9. The van der Waals surface area contributed by atoms with Gasteiger partial charge in [-0.15, -0.1) is 0 Å². The maximum atomic E-state index is 5.95. The van der Waals surface area contributed by atoms with Crippen LogP contribution in [-0.2, 0) is 6.42 Å². The summed E-state index contributed by atoms with van der Waals surface area (Å²) >= 11 is 0. The molecule has 0 aliphatic carbocycles. The van der Waals surface area contributed by atoms with Crippen molar-refractivity contribution in [3.63, 3.8) is 0 Å². The van der Waals surface area contributed by atoms with Gasteiger partial charge in [0.25, 0.3) is 0 Å². The van der Waals surface area contributed by atoms with Crippen LogP contribution in [0.5, 0.6) is 0 Å². The molecule has 0 N–H and O–H groups in total. The van der Waals surface area contributed by atoms with Crippen LogP contribution in [0.4, 0.5) is 0 Å². The van der Waals surface area contributed by atoms with E-state index in [4.69, 9.17) is 9.40 Å². The van der Waals surface area contributed by atoms with E-state index in [2.05, 4.69) is 22.0 Å².